The number of amides is 2. The third-order valence-electron chi connectivity index (χ3n) is 3.17. The molecular formula is C14H17N2O4S2-. The van der Waals surface area contributed by atoms with Gasteiger partial charge in [0.2, 0.25) is 11.8 Å². The maximum Gasteiger partial charge on any atom is 0.248 e. The third-order valence-corrected chi connectivity index (χ3v) is 5.83. The van der Waals surface area contributed by atoms with Crippen molar-refractivity contribution in [1.82, 2.24) is 10.0 Å². The second-order valence-corrected chi connectivity index (χ2v) is 7.45. The van der Waals surface area contributed by atoms with Crippen LogP contribution in [0.15, 0.2) is 24.4 Å². The SMILES string of the molecule is O=C([O-])CCCCSSC1C=CC=CN1N1C(=O)CCC1=O. The van der Waals surface area contributed by atoms with E-state index in [0.717, 1.165) is 12.2 Å². The molecule has 0 aromatic rings. The number of hydrazine groups is 1. The van der Waals surface area contributed by atoms with Gasteiger partial charge in [-0.25, -0.2) is 0 Å². The summed E-state index contributed by atoms with van der Waals surface area (Å²) in [6.45, 7) is 0. The molecule has 0 aromatic carbocycles. The number of allylic oxidation sites excluding steroid dienone is 2. The fourth-order valence-electron chi connectivity index (χ4n) is 2.10. The number of carbonyl (C=O) groups is 3. The minimum Gasteiger partial charge on any atom is -0.550 e. The van der Waals surface area contributed by atoms with Gasteiger partial charge in [-0.05, 0) is 31.4 Å². The van der Waals surface area contributed by atoms with Crippen LogP contribution in [-0.2, 0) is 14.4 Å². The first-order chi connectivity index (χ1) is 10.6. The van der Waals surface area contributed by atoms with Crippen molar-refractivity contribution in [3.8, 4) is 0 Å². The maximum atomic E-state index is 11.8. The molecular weight excluding hydrogens is 324 g/mol. The number of carboxylic acid groups (broad SMARTS) is 1. The highest BCUT2D eigenvalue weighted by atomic mass is 33.1. The zero-order chi connectivity index (χ0) is 15.9. The minimum absolute atomic E-state index is 0.0835. The third kappa shape index (κ3) is 4.54. The number of hydrogen-bond donors (Lipinski definition) is 0. The van der Waals surface area contributed by atoms with Crippen molar-refractivity contribution in [2.24, 2.45) is 0 Å². The van der Waals surface area contributed by atoms with Crippen molar-refractivity contribution in [3.63, 3.8) is 0 Å². The first-order valence-electron chi connectivity index (χ1n) is 7.07. The summed E-state index contributed by atoms with van der Waals surface area (Å²) >= 11 is 0. The highest BCUT2D eigenvalue weighted by molar-refractivity contribution is 8.77. The van der Waals surface area contributed by atoms with Gasteiger partial charge >= 0.3 is 0 Å². The molecule has 0 aromatic heterocycles. The summed E-state index contributed by atoms with van der Waals surface area (Å²) in [5, 5.41) is 13.1. The molecule has 0 aliphatic carbocycles. The molecule has 1 atom stereocenters. The molecule has 1 unspecified atom stereocenters. The molecule has 120 valence electrons. The Hall–Kier alpha value is -1.41. The molecule has 0 radical (unpaired) electrons. The normalized spacial score (nSPS) is 21.0. The molecule has 2 amide bonds. The molecule has 8 heteroatoms. The average Bonchev–Trinajstić information content (AvgIpc) is 2.82. The predicted molar refractivity (Wildman–Crippen MR) is 83.9 cm³/mol. The van der Waals surface area contributed by atoms with Crippen LogP contribution in [-0.4, -0.2) is 38.9 Å². The van der Waals surface area contributed by atoms with Gasteiger partial charge in [0.25, 0.3) is 0 Å². The molecule has 2 aliphatic rings. The second-order valence-electron chi connectivity index (χ2n) is 4.84. The van der Waals surface area contributed by atoms with Crippen LogP contribution < -0.4 is 5.11 Å². The number of unbranched alkanes of at least 4 members (excludes halogenated alkanes) is 1. The van der Waals surface area contributed by atoms with Crippen LogP contribution >= 0.6 is 21.6 Å². The van der Waals surface area contributed by atoms with Gasteiger partial charge in [0, 0.05) is 30.8 Å². The zero-order valence-electron chi connectivity index (χ0n) is 12.0. The molecule has 0 bridgehead atoms. The molecule has 2 heterocycles. The van der Waals surface area contributed by atoms with E-state index >= 15 is 0 Å². The lowest BCUT2D eigenvalue weighted by atomic mass is 10.3. The number of hydrogen-bond acceptors (Lipinski definition) is 7. The van der Waals surface area contributed by atoms with Crippen LogP contribution in [0.25, 0.3) is 0 Å². The lowest BCUT2D eigenvalue weighted by Crippen LogP contribution is -2.47. The van der Waals surface area contributed by atoms with Crippen LogP contribution in [0.2, 0.25) is 0 Å². The monoisotopic (exact) mass is 341 g/mol. The Bertz CT molecular complexity index is 491. The number of rotatable bonds is 8. The number of imide groups is 1. The van der Waals surface area contributed by atoms with E-state index in [1.807, 2.05) is 12.2 Å². The Kier molecular flexibility index (Phi) is 6.38. The first-order valence-corrected chi connectivity index (χ1v) is 9.45. The van der Waals surface area contributed by atoms with E-state index in [-0.39, 0.29) is 36.5 Å². The highest BCUT2D eigenvalue weighted by Gasteiger charge is 2.36. The Morgan fingerprint density at radius 3 is 2.64 bits per heavy atom. The van der Waals surface area contributed by atoms with Gasteiger partial charge in [0.15, 0.2) is 0 Å². The Balaban J connectivity index is 1.80. The van der Waals surface area contributed by atoms with Gasteiger partial charge in [0.05, 0.1) is 0 Å². The van der Waals surface area contributed by atoms with Crippen molar-refractivity contribution < 1.29 is 19.5 Å². The van der Waals surface area contributed by atoms with Crippen molar-refractivity contribution in [2.45, 2.75) is 37.5 Å². The summed E-state index contributed by atoms with van der Waals surface area (Å²) in [6.07, 6.45) is 9.34. The predicted octanol–water partition coefficient (Wildman–Crippen LogP) is 1.06. The van der Waals surface area contributed by atoms with Crippen LogP contribution in [0.4, 0.5) is 0 Å². The maximum absolute atomic E-state index is 11.8. The molecule has 1 saturated heterocycles. The summed E-state index contributed by atoms with van der Waals surface area (Å²) in [7, 11) is 3.15. The smallest absolute Gasteiger partial charge is 0.248 e. The van der Waals surface area contributed by atoms with E-state index in [0.29, 0.717) is 6.42 Å². The lowest BCUT2D eigenvalue weighted by Gasteiger charge is -2.35. The van der Waals surface area contributed by atoms with Gasteiger partial charge in [-0.3, -0.25) is 14.6 Å². The topological polar surface area (TPSA) is 80.8 Å². The van der Waals surface area contributed by atoms with E-state index in [9.17, 15) is 19.5 Å². The Morgan fingerprint density at radius 2 is 1.95 bits per heavy atom. The van der Waals surface area contributed by atoms with Gasteiger partial charge < -0.3 is 9.90 Å². The Morgan fingerprint density at radius 1 is 1.23 bits per heavy atom. The quantitative estimate of drug-likeness (QED) is 0.371. The summed E-state index contributed by atoms with van der Waals surface area (Å²) in [5.41, 5.74) is 0. The molecule has 2 aliphatic heterocycles. The molecule has 0 saturated carbocycles. The van der Waals surface area contributed by atoms with E-state index in [2.05, 4.69) is 0 Å². The van der Waals surface area contributed by atoms with Crippen LogP contribution in [0.1, 0.15) is 32.1 Å². The van der Waals surface area contributed by atoms with Gasteiger partial charge in [-0.1, -0.05) is 27.7 Å². The Labute approximate surface area is 137 Å². The molecule has 0 spiro atoms. The van der Waals surface area contributed by atoms with E-state index in [1.165, 1.54) is 5.01 Å². The fraction of sp³-hybridized carbons (Fsp3) is 0.500. The van der Waals surface area contributed by atoms with Crippen molar-refractivity contribution in [2.75, 3.05) is 5.75 Å². The van der Waals surface area contributed by atoms with Crippen LogP contribution in [0.3, 0.4) is 0 Å². The average molecular weight is 341 g/mol. The van der Waals surface area contributed by atoms with Crippen molar-refractivity contribution in [1.29, 1.82) is 0 Å². The number of nitrogens with zero attached hydrogens (tertiary/aromatic N) is 2. The van der Waals surface area contributed by atoms with Gasteiger partial charge in [0.1, 0.15) is 5.37 Å². The zero-order valence-corrected chi connectivity index (χ0v) is 13.6. The van der Waals surface area contributed by atoms with Crippen LogP contribution in [0, 0.1) is 0 Å². The number of carbonyl (C=O) groups excluding carboxylic acids is 3. The molecule has 1 fully saturated rings. The molecule has 2 rings (SSSR count). The molecule has 6 nitrogen and oxygen atoms in total. The second kappa shape index (κ2) is 8.28. The number of aliphatic carboxylic acids is 1. The van der Waals surface area contributed by atoms with Gasteiger partial charge in [-0.2, -0.15) is 5.01 Å². The number of carboxylic acids is 1. The fourth-order valence-corrected chi connectivity index (χ4v) is 4.58. The van der Waals surface area contributed by atoms with E-state index < -0.39 is 5.97 Å². The summed E-state index contributed by atoms with van der Waals surface area (Å²) in [4.78, 5) is 34.0. The van der Waals surface area contributed by atoms with E-state index in [1.54, 1.807) is 38.9 Å². The largest absolute Gasteiger partial charge is 0.550 e. The summed E-state index contributed by atoms with van der Waals surface area (Å²) in [5.74, 6) is -0.555. The summed E-state index contributed by atoms with van der Waals surface area (Å²) in [6, 6.07) is 0. The standard InChI is InChI=1S/C14H18N2O4S2/c17-11-7-8-12(18)16(11)15-9-3-1-5-13(15)22-21-10-4-2-6-14(19)20/h1,3,5,9,13H,2,4,6-8,10H2,(H,19,20)/p-1. The first kappa shape index (κ1) is 17.0. The van der Waals surface area contributed by atoms with E-state index in [4.69, 9.17) is 0 Å². The van der Waals surface area contributed by atoms with Gasteiger partial charge in [-0.15, -0.1) is 0 Å². The molecule has 0 N–H and O–H groups in total. The van der Waals surface area contributed by atoms with Crippen molar-refractivity contribution >= 4 is 39.4 Å². The lowest BCUT2D eigenvalue weighted by molar-refractivity contribution is -0.305. The molecule has 22 heavy (non-hydrogen) atoms. The highest BCUT2D eigenvalue weighted by Crippen LogP contribution is 2.34. The van der Waals surface area contributed by atoms with Crippen molar-refractivity contribution in [3.05, 3.63) is 24.4 Å². The van der Waals surface area contributed by atoms with Crippen LogP contribution in [0.5, 0.6) is 0 Å². The summed E-state index contributed by atoms with van der Waals surface area (Å²) < 4.78 is 0. The minimum atomic E-state index is -1.02.